The van der Waals surface area contributed by atoms with Crippen molar-refractivity contribution in [1.82, 2.24) is 0 Å². The van der Waals surface area contributed by atoms with Gasteiger partial charge in [0.1, 0.15) is 5.78 Å². The fourth-order valence-corrected chi connectivity index (χ4v) is 4.04. The van der Waals surface area contributed by atoms with Gasteiger partial charge in [0, 0.05) is 17.7 Å². The fourth-order valence-electron chi connectivity index (χ4n) is 4.04. The first kappa shape index (κ1) is 16.2. The van der Waals surface area contributed by atoms with Gasteiger partial charge >= 0.3 is 0 Å². The maximum Gasteiger partial charge on any atom is 0.261 e. The number of carbonyl (C=O) groups is 2. The quantitative estimate of drug-likeness (QED) is 0.900. The number of Topliss-reactive ketones (excluding diaryl/α,β-unsaturated/α-hetero) is 1. The van der Waals surface area contributed by atoms with Gasteiger partial charge in [0.25, 0.3) is 5.91 Å². The first-order chi connectivity index (χ1) is 10.8. The van der Waals surface area contributed by atoms with Crippen molar-refractivity contribution in [3.63, 3.8) is 0 Å². The molecule has 2 N–H and O–H groups in total. The molecule has 1 amide bonds. The largest absolute Gasteiger partial charge is 0.375 e. The van der Waals surface area contributed by atoms with Gasteiger partial charge in [-0.1, -0.05) is 45.4 Å². The van der Waals surface area contributed by atoms with Crippen molar-refractivity contribution < 1.29 is 14.7 Å². The zero-order valence-electron chi connectivity index (χ0n) is 14.1. The molecular weight excluding hydrogens is 290 g/mol. The highest BCUT2D eigenvalue weighted by atomic mass is 16.3. The lowest BCUT2D eigenvalue weighted by molar-refractivity contribution is -0.153. The summed E-state index contributed by atoms with van der Waals surface area (Å²) in [6.45, 7) is 6.56. The van der Waals surface area contributed by atoms with Crippen LogP contribution in [0.15, 0.2) is 24.3 Å². The summed E-state index contributed by atoms with van der Waals surface area (Å²) in [5.74, 6) is -0.787. The Morgan fingerprint density at radius 3 is 2.70 bits per heavy atom. The Hall–Kier alpha value is -1.68. The van der Waals surface area contributed by atoms with Crippen molar-refractivity contribution in [2.45, 2.75) is 52.1 Å². The molecule has 1 aliphatic carbocycles. The number of ketones is 1. The zero-order valence-corrected chi connectivity index (χ0v) is 14.1. The Morgan fingerprint density at radius 1 is 1.30 bits per heavy atom. The molecule has 124 valence electrons. The molecule has 0 unspecified atom stereocenters. The lowest BCUT2D eigenvalue weighted by Gasteiger charge is -2.42. The van der Waals surface area contributed by atoms with Gasteiger partial charge in [-0.15, -0.1) is 0 Å². The maximum absolute atomic E-state index is 12.6. The van der Waals surface area contributed by atoms with Gasteiger partial charge in [-0.3, -0.25) is 9.59 Å². The van der Waals surface area contributed by atoms with E-state index in [4.69, 9.17) is 0 Å². The van der Waals surface area contributed by atoms with Crippen LogP contribution in [0.1, 0.15) is 52.0 Å². The topological polar surface area (TPSA) is 66.4 Å². The van der Waals surface area contributed by atoms with E-state index in [0.29, 0.717) is 30.0 Å². The van der Waals surface area contributed by atoms with Crippen molar-refractivity contribution in [3.05, 3.63) is 29.8 Å². The average molecular weight is 315 g/mol. The van der Waals surface area contributed by atoms with Crippen molar-refractivity contribution >= 4 is 17.4 Å². The third kappa shape index (κ3) is 2.40. The molecule has 1 aliphatic heterocycles. The number of fused-ring (bicyclic) bond motifs is 1. The SMILES string of the molecule is CCC(C)(C)[C@@H]1CCC(=O)[C@H]([C@]2(O)C(=O)Nc3ccccc32)C1. The number of para-hydroxylation sites is 1. The molecule has 0 bridgehead atoms. The van der Waals surface area contributed by atoms with E-state index in [1.807, 2.05) is 6.07 Å². The Bertz CT molecular complexity index is 652. The van der Waals surface area contributed by atoms with Crippen LogP contribution in [-0.2, 0) is 15.2 Å². The molecule has 0 saturated heterocycles. The van der Waals surface area contributed by atoms with Crippen LogP contribution in [0.25, 0.3) is 0 Å². The van der Waals surface area contributed by atoms with Crippen molar-refractivity contribution in [2.75, 3.05) is 5.32 Å². The molecule has 4 nitrogen and oxygen atoms in total. The van der Waals surface area contributed by atoms with E-state index in [-0.39, 0.29) is 11.2 Å². The van der Waals surface area contributed by atoms with Gasteiger partial charge < -0.3 is 10.4 Å². The van der Waals surface area contributed by atoms with Gasteiger partial charge in [0.05, 0.1) is 5.92 Å². The number of benzene rings is 1. The number of hydrogen-bond acceptors (Lipinski definition) is 3. The number of hydrogen-bond donors (Lipinski definition) is 2. The molecule has 1 aromatic rings. The molecule has 3 atom stereocenters. The van der Waals surface area contributed by atoms with Crippen LogP contribution in [-0.4, -0.2) is 16.8 Å². The first-order valence-corrected chi connectivity index (χ1v) is 8.46. The van der Waals surface area contributed by atoms with Crippen LogP contribution in [0.4, 0.5) is 5.69 Å². The van der Waals surface area contributed by atoms with Crippen LogP contribution < -0.4 is 5.32 Å². The molecule has 1 heterocycles. The van der Waals surface area contributed by atoms with E-state index in [1.54, 1.807) is 18.2 Å². The Morgan fingerprint density at radius 2 is 2.00 bits per heavy atom. The molecule has 1 saturated carbocycles. The summed E-state index contributed by atoms with van der Waals surface area (Å²) in [5, 5.41) is 14.0. The normalized spacial score (nSPS) is 31.0. The minimum Gasteiger partial charge on any atom is -0.375 e. The molecule has 4 heteroatoms. The molecule has 0 spiro atoms. The van der Waals surface area contributed by atoms with Crippen LogP contribution in [0.3, 0.4) is 0 Å². The zero-order chi connectivity index (χ0) is 16.8. The number of aliphatic hydroxyl groups is 1. The Labute approximate surface area is 137 Å². The summed E-state index contributed by atoms with van der Waals surface area (Å²) >= 11 is 0. The van der Waals surface area contributed by atoms with Gasteiger partial charge in [-0.2, -0.15) is 0 Å². The minimum absolute atomic E-state index is 0.00232. The monoisotopic (exact) mass is 315 g/mol. The van der Waals surface area contributed by atoms with Crippen LogP contribution in [0.2, 0.25) is 0 Å². The summed E-state index contributed by atoms with van der Waals surface area (Å²) in [4.78, 5) is 25.1. The van der Waals surface area contributed by atoms with E-state index in [1.165, 1.54) is 0 Å². The van der Waals surface area contributed by atoms with Crippen LogP contribution in [0, 0.1) is 17.3 Å². The minimum atomic E-state index is -1.73. The smallest absolute Gasteiger partial charge is 0.261 e. The predicted octanol–water partition coefficient (Wildman–Crippen LogP) is 3.25. The van der Waals surface area contributed by atoms with Crippen molar-refractivity contribution in [3.8, 4) is 0 Å². The number of amides is 1. The summed E-state index contributed by atoms with van der Waals surface area (Å²) in [5.41, 5.74) is -0.469. The second kappa shape index (κ2) is 5.45. The van der Waals surface area contributed by atoms with Crippen molar-refractivity contribution in [2.24, 2.45) is 17.3 Å². The molecule has 1 aromatic carbocycles. The standard InChI is InChI=1S/C19H25NO3/c1-4-18(2,3)12-9-10-16(21)14(11-12)19(23)13-7-5-6-8-15(13)20-17(19)22/h5-8,12,14,23H,4,9-11H2,1-3H3,(H,20,22)/t12-,14-,19+/m1/s1. The van der Waals surface area contributed by atoms with Gasteiger partial charge in [-0.05, 0) is 30.2 Å². The van der Waals surface area contributed by atoms with Crippen LogP contribution >= 0.6 is 0 Å². The Kier molecular flexibility index (Phi) is 3.83. The average Bonchev–Trinajstić information content (AvgIpc) is 2.80. The van der Waals surface area contributed by atoms with Crippen LogP contribution in [0.5, 0.6) is 0 Å². The molecule has 0 radical (unpaired) electrons. The molecule has 3 rings (SSSR count). The second-order valence-electron chi connectivity index (χ2n) is 7.60. The third-order valence-electron chi connectivity index (χ3n) is 6.10. The highest BCUT2D eigenvalue weighted by Gasteiger charge is 2.55. The number of rotatable bonds is 3. The number of carbonyl (C=O) groups excluding carboxylic acids is 2. The fraction of sp³-hybridized carbons (Fsp3) is 0.579. The lowest BCUT2D eigenvalue weighted by atomic mass is 9.62. The summed E-state index contributed by atoms with van der Waals surface area (Å²) in [6.07, 6.45) is 2.86. The van der Waals surface area contributed by atoms with Gasteiger partial charge in [-0.25, -0.2) is 0 Å². The van der Waals surface area contributed by atoms with E-state index < -0.39 is 17.4 Å². The Balaban J connectivity index is 1.99. The number of nitrogens with one attached hydrogen (secondary N) is 1. The summed E-state index contributed by atoms with van der Waals surface area (Å²) in [7, 11) is 0. The first-order valence-electron chi connectivity index (χ1n) is 8.46. The highest BCUT2D eigenvalue weighted by Crippen LogP contribution is 2.49. The van der Waals surface area contributed by atoms with Gasteiger partial charge in [0.2, 0.25) is 0 Å². The summed E-state index contributed by atoms with van der Waals surface area (Å²) in [6, 6.07) is 7.13. The summed E-state index contributed by atoms with van der Waals surface area (Å²) < 4.78 is 0. The van der Waals surface area contributed by atoms with E-state index in [9.17, 15) is 14.7 Å². The molecular formula is C19H25NO3. The van der Waals surface area contributed by atoms with E-state index >= 15 is 0 Å². The third-order valence-corrected chi connectivity index (χ3v) is 6.10. The van der Waals surface area contributed by atoms with E-state index in [0.717, 1.165) is 12.8 Å². The predicted molar refractivity (Wildman–Crippen MR) is 88.9 cm³/mol. The van der Waals surface area contributed by atoms with Gasteiger partial charge in [0.15, 0.2) is 5.60 Å². The molecule has 23 heavy (non-hydrogen) atoms. The lowest BCUT2D eigenvalue weighted by Crippen LogP contribution is -2.49. The maximum atomic E-state index is 12.6. The van der Waals surface area contributed by atoms with E-state index in [2.05, 4.69) is 26.1 Å². The molecule has 2 aliphatic rings. The molecule has 1 fully saturated rings. The van der Waals surface area contributed by atoms with Crippen molar-refractivity contribution in [1.29, 1.82) is 0 Å². The highest BCUT2D eigenvalue weighted by molar-refractivity contribution is 6.08. The molecule has 0 aromatic heterocycles. The number of anilines is 1. The second-order valence-corrected chi connectivity index (χ2v) is 7.60.